The first kappa shape index (κ1) is 14.8. The Morgan fingerprint density at radius 2 is 2.07 bits per heavy atom. The van der Waals surface area contributed by atoms with Gasteiger partial charge in [0.1, 0.15) is 0 Å². The molecular weight excluding hydrogens is 208 g/mol. The summed E-state index contributed by atoms with van der Waals surface area (Å²) in [7, 11) is 1.89. The van der Waals surface area contributed by atoms with Gasteiger partial charge >= 0.3 is 0 Å². The van der Waals surface area contributed by atoms with Crippen molar-refractivity contribution >= 4 is 17.7 Å². The highest BCUT2D eigenvalue weighted by molar-refractivity contribution is 7.98. The molecule has 2 atom stereocenters. The van der Waals surface area contributed by atoms with Gasteiger partial charge in [-0.2, -0.15) is 11.8 Å². The second kappa shape index (κ2) is 7.99. The SMILES string of the molecule is CSCC(C)N(C)C(=O)CCC(C)CN. The Morgan fingerprint density at radius 3 is 2.53 bits per heavy atom. The second-order valence-corrected chi connectivity index (χ2v) is 5.10. The fraction of sp³-hybridized carbons (Fsp3) is 0.909. The van der Waals surface area contributed by atoms with Crippen LogP contribution in [-0.4, -0.2) is 42.4 Å². The molecule has 4 heteroatoms. The molecule has 0 aliphatic heterocycles. The van der Waals surface area contributed by atoms with Crippen molar-refractivity contribution in [1.82, 2.24) is 4.90 Å². The molecule has 1 amide bonds. The molecule has 0 fully saturated rings. The molecule has 2 N–H and O–H groups in total. The quantitative estimate of drug-likeness (QED) is 0.725. The third-order valence-electron chi connectivity index (χ3n) is 2.72. The van der Waals surface area contributed by atoms with Gasteiger partial charge in [-0.3, -0.25) is 4.79 Å². The minimum absolute atomic E-state index is 0.233. The van der Waals surface area contributed by atoms with E-state index < -0.39 is 0 Å². The van der Waals surface area contributed by atoms with Crippen molar-refractivity contribution in [2.45, 2.75) is 32.7 Å². The molecular formula is C11H24N2OS. The van der Waals surface area contributed by atoms with Gasteiger partial charge < -0.3 is 10.6 Å². The van der Waals surface area contributed by atoms with Crippen LogP contribution in [0.25, 0.3) is 0 Å². The summed E-state index contributed by atoms with van der Waals surface area (Å²) in [6.07, 6.45) is 3.57. The lowest BCUT2D eigenvalue weighted by Crippen LogP contribution is -2.36. The van der Waals surface area contributed by atoms with Gasteiger partial charge in [0.2, 0.25) is 5.91 Å². The Balaban J connectivity index is 3.88. The zero-order valence-corrected chi connectivity index (χ0v) is 11.1. The molecule has 0 radical (unpaired) electrons. The maximum absolute atomic E-state index is 11.8. The molecule has 0 aliphatic rings. The first-order chi connectivity index (χ1) is 7.02. The van der Waals surface area contributed by atoms with E-state index in [1.807, 2.05) is 11.9 Å². The van der Waals surface area contributed by atoms with E-state index in [1.54, 1.807) is 11.8 Å². The molecule has 0 spiro atoms. The molecule has 3 nitrogen and oxygen atoms in total. The summed E-state index contributed by atoms with van der Waals surface area (Å²) in [4.78, 5) is 13.6. The van der Waals surface area contributed by atoms with E-state index in [1.165, 1.54) is 0 Å². The van der Waals surface area contributed by atoms with Gasteiger partial charge in [-0.25, -0.2) is 0 Å². The Morgan fingerprint density at radius 1 is 1.47 bits per heavy atom. The number of thioether (sulfide) groups is 1. The largest absolute Gasteiger partial charge is 0.342 e. The summed E-state index contributed by atoms with van der Waals surface area (Å²) in [5, 5.41) is 0. The predicted molar refractivity (Wildman–Crippen MR) is 68.1 cm³/mol. The second-order valence-electron chi connectivity index (χ2n) is 4.19. The van der Waals surface area contributed by atoms with Crippen LogP contribution in [-0.2, 0) is 4.79 Å². The average Bonchev–Trinajstić information content (AvgIpc) is 2.24. The van der Waals surface area contributed by atoms with Crippen molar-refractivity contribution < 1.29 is 4.79 Å². The van der Waals surface area contributed by atoms with Crippen LogP contribution in [0.4, 0.5) is 0 Å². The summed E-state index contributed by atoms with van der Waals surface area (Å²) < 4.78 is 0. The fourth-order valence-electron chi connectivity index (χ4n) is 1.26. The lowest BCUT2D eigenvalue weighted by molar-refractivity contribution is -0.131. The van der Waals surface area contributed by atoms with Gasteiger partial charge in [0.15, 0.2) is 0 Å². The van der Waals surface area contributed by atoms with Gasteiger partial charge in [0, 0.05) is 25.3 Å². The maximum Gasteiger partial charge on any atom is 0.222 e. The highest BCUT2D eigenvalue weighted by Crippen LogP contribution is 2.09. The summed E-state index contributed by atoms with van der Waals surface area (Å²) >= 11 is 1.77. The van der Waals surface area contributed by atoms with E-state index in [9.17, 15) is 4.79 Å². The molecule has 90 valence electrons. The van der Waals surface area contributed by atoms with Gasteiger partial charge in [0.25, 0.3) is 0 Å². The van der Waals surface area contributed by atoms with E-state index in [4.69, 9.17) is 5.73 Å². The van der Waals surface area contributed by atoms with Crippen LogP contribution in [0, 0.1) is 5.92 Å². The topological polar surface area (TPSA) is 46.3 Å². The van der Waals surface area contributed by atoms with E-state index in [0.717, 1.165) is 12.2 Å². The van der Waals surface area contributed by atoms with Crippen LogP contribution < -0.4 is 5.73 Å². The minimum atomic E-state index is 0.233. The smallest absolute Gasteiger partial charge is 0.222 e. The number of rotatable bonds is 7. The first-order valence-electron chi connectivity index (χ1n) is 5.47. The molecule has 15 heavy (non-hydrogen) atoms. The zero-order chi connectivity index (χ0) is 11.8. The molecule has 0 aromatic carbocycles. The van der Waals surface area contributed by atoms with E-state index in [-0.39, 0.29) is 5.91 Å². The predicted octanol–water partition coefficient (Wildman–Crippen LogP) is 1.57. The number of amides is 1. The van der Waals surface area contributed by atoms with Crippen LogP contribution >= 0.6 is 11.8 Å². The molecule has 0 aliphatic carbocycles. The van der Waals surface area contributed by atoms with E-state index in [2.05, 4.69) is 20.1 Å². The summed E-state index contributed by atoms with van der Waals surface area (Å²) in [6, 6.07) is 0.320. The van der Waals surface area contributed by atoms with Gasteiger partial charge in [-0.05, 0) is 32.1 Å². The molecule has 0 aromatic rings. The number of carbonyl (C=O) groups excluding carboxylic acids is 1. The van der Waals surface area contributed by atoms with Crippen molar-refractivity contribution in [1.29, 1.82) is 0 Å². The van der Waals surface area contributed by atoms with Crippen molar-refractivity contribution in [2.75, 3.05) is 25.6 Å². The zero-order valence-electron chi connectivity index (χ0n) is 10.3. The molecule has 0 saturated carbocycles. The van der Waals surface area contributed by atoms with Gasteiger partial charge in [0.05, 0.1) is 0 Å². The van der Waals surface area contributed by atoms with Crippen molar-refractivity contribution in [3.05, 3.63) is 0 Å². The van der Waals surface area contributed by atoms with Gasteiger partial charge in [-0.15, -0.1) is 0 Å². The fourth-order valence-corrected chi connectivity index (χ4v) is 1.97. The van der Waals surface area contributed by atoms with Crippen molar-refractivity contribution in [3.63, 3.8) is 0 Å². The third-order valence-corrected chi connectivity index (χ3v) is 3.53. The number of nitrogens with two attached hydrogens (primary N) is 1. The summed E-state index contributed by atoms with van der Waals surface area (Å²) in [5.41, 5.74) is 5.51. The Labute approximate surface area is 97.8 Å². The molecule has 0 heterocycles. The third kappa shape index (κ3) is 6.05. The lowest BCUT2D eigenvalue weighted by atomic mass is 10.1. The van der Waals surface area contributed by atoms with Gasteiger partial charge in [-0.1, -0.05) is 6.92 Å². The molecule has 0 bridgehead atoms. The average molecular weight is 232 g/mol. The number of hydrogen-bond acceptors (Lipinski definition) is 3. The highest BCUT2D eigenvalue weighted by atomic mass is 32.2. The number of hydrogen-bond donors (Lipinski definition) is 1. The molecule has 0 aromatic heterocycles. The molecule has 0 saturated heterocycles. The first-order valence-corrected chi connectivity index (χ1v) is 6.87. The van der Waals surface area contributed by atoms with Crippen LogP contribution in [0.5, 0.6) is 0 Å². The lowest BCUT2D eigenvalue weighted by Gasteiger charge is -2.24. The summed E-state index contributed by atoms with van der Waals surface area (Å²) in [6.45, 7) is 4.83. The molecule has 0 rings (SSSR count). The Hall–Kier alpha value is -0.220. The van der Waals surface area contributed by atoms with E-state index >= 15 is 0 Å². The Kier molecular flexibility index (Phi) is 7.88. The summed E-state index contributed by atoms with van der Waals surface area (Å²) in [5.74, 6) is 1.67. The maximum atomic E-state index is 11.8. The standard InChI is InChI=1S/C11H24N2OS/c1-9(7-12)5-6-11(14)13(3)10(2)8-15-4/h9-10H,5-8,12H2,1-4H3. The van der Waals surface area contributed by atoms with Crippen LogP contribution in [0.1, 0.15) is 26.7 Å². The number of nitrogens with zero attached hydrogens (tertiary/aromatic N) is 1. The van der Waals surface area contributed by atoms with E-state index in [0.29, 0.717) is 24.9 Å². The normalized spacial score (nSPS) is 14.7. The van der Waals surface area contributed by atoms with Crippen LogP contribution in [0.2, 0.25) is 0 Å². The Bertz CT molecular complexity index is 187. The monoisotopic (exact) mass is 232 g/mol. The van der Waals surface area contributed by atoms with Crippen LogP contribution in [0.15, 0.2) is 0 Å². The molecule has 2 unspecified atom stereocenters. The number of carbonyl (C=O) groups is 1. The minimum Gasteiger partial charge on any atom is -0.342 e. The van der Waals surface area contributed by atoms with Crippen molar-refractivity contribution in [3.8, 4) is 0 Å². The van der Waals surface area contributed by atoms with Crippen LogP contribution in [0.3, 0.4) is 0 Å². The van der Waals surface area contributed by atoms with Crippen molar-refractivity contribution in [2.24, 2.45) is 11.7 Å². The highest BCUT2D eigenvalue weighted by Gasteiger charge is 2.15.